The molecule has 0 fully saturated rings. The van der Waals surface area contributed by atoms with Gasteiger partial charge in [-0.15, -0.1) is 0 Å². The lowest BCUT2D eigenvalue weighted by molar-refractivity contribution is -0.129. The molecule has 0 saturated heterocycles. The molecule has 2 aromatic carbocycles. The Hall–Kier alpha value is -3.09. The lowest BCUT2D eigenvalue weighted by Crippen LogP contribution is -2.37. The van der Waals surface area contributed by atoms with Crippen LogP contribution in [0.25, 0.3) is 0 Å². The molecule has 25 heavy (non-hydrogen) atoms. The van der Waals surface area contributed by atoms with E-state index < -0.39 is 0 Å². The van der Waals surface area contributed by atoms with Crippen molar-refractivity contribution in [1.82, 2.24) is 10.2 Å². The number of likely N-dealkylation sites (N-methyl/N-ethyl adjacent to an activating group) is 1. The summed E-state index contributed by atoms with van der Waals surface area (Å²) < 4.78 is 23.6. The second-order valence-corrected chi connectivity index (χ2v) is 5.63. The molecule has 7 heteroatoms. The van der Waals surface area contributed by atoms with Crippen molar-refractivity contribution < 1.29 is 23.5 Å². The van der Waals surface area contributed by atoms with Crippen LogP contribution in [0.5, 0.6) is 11.5 Å². The number of carbonyl (C=O) groups is 2. The molecule has 0 atom stereocenters. The van der Waals surface area contributed by atoms with Crippen molar-refractivity contribution in [3.8, 4) is 11.5 Å². The number of hydrogen-bond donors (Lipinski definition) is 1. The summed E-state index contributed by atoms with van der Waals surface area (Å²) in [5.74, 6) is 0.0725. The third kappa shape index (κ3) is 4.06. The van der Waals surface area contributed by atoms with E-state index in [0.717, 1.165) is 0 Å². The summed E-state index contributed by atoms with van der Waals surface area (Å²) in [6.07, 6.45) is 0. The zero-order chi connectivity index (χ0) is 17.8. The van der Waals surface area contributed by atoms with E-state index in [1.807, 2.05) is 0 Å². The Bertz CT molecular complexity index is 809. The fourth-order valence-electron chi connectivity index (χ4n) is 2.43. The van der Waals surface area contributed by atoms with Gasteiger partial charge >= 0.3 is 0 Å². The van der Waals surface area contributed by atoms with Gasteiger partial charge in [0.05, 0.1) is 6.54 Å². The fraction of sp³-hybridized carbons (Fsp3) is 0.222. The number of amides is 2. The highest BCUT2D eigenvalue weighted by Gasteiger charge is 2.17. The molecule has 6 nitrogen and oxygen atoms in total. The van der Waals surface area contributed by atoms with Crippen molar-refractivity contribution in [3.05, 3.63) is 59.4 Å². The molecule has 0 aromatic heterocycles. The van der Waals surface area contributed by atoms with E-state index in [1.165, 1.54) is 17.0 Å². The second-order valence-electron chi connectivity index (χ2n) is 5.63. The van der Waals surface area contributed by atoms with E-state index in [1.54, 1.807) is 37.4 Å². The number of nitrogens with zero attached hydrogens (tertiary/aromatic N) is 1. The van der Waals surface area contributed by atoms with E-state index in [4.69, 9.17) is 9.47 Å². The van der Waals surface area contributed by atoms with Crippen molar-refractivity contribution in [1.29, 1.82) is 0 Å². The van der Waals surface area contributed by atoms with E-state index in [0.29, 0.717) is 22.6 Å². The van der Waals surface area contributed by atoms with E-state index >= 15 is 0 Å². The number of nitrogens with one attached hydrogen (secondary N) is 1. The first kappa shape index (κ1) is 16.8. The molecule has 0 aliphatic carbocycles. The van der Waals surface area contributed by atoms with Gasteiger partial charge < -0.3 is 19.7 Å². The normalized spacial score (nSPS) is 11.9. The van der Waals surface area contributed by atoms with Crippen molar-refractivity contribution in [2.24, 2.45) is 0 Å². The maximum Gasteiger partial charge on any atom is 0.251 e. The van der Waals surface area contributed by atoms with Crippen LogP contribution < -0.4 is 14.8 Å². The minimum absolute atomic E-state index is 0.129. The Labute approximate surface area is 144 Å². The van der Waals surface area contributed by atoms with Crippen LogP contribution in [0.15, 0.2) is 42.5 Å². The maximum absolute atomic E-state index is 13.2. The summed E-state index contributed by atoms with van der Waals surface area (Å²) in [4.78, 5) is 25.7. The Morgan fingerprint density at radius 2 is 1.96 bits per heavy atom. The van der Waals surface area contributed by atoms with Crippen molar-refractivity contribution in [3.63, 3.8) is 0 Å². The Balaban J connectivity index is 1.53. The number of carbonyl (C=O) groups excluding carboxylic acids is 2. The number of benzene rings is 2. The Morgan fingerprint density at radius 1 is 1.16 bits per heavy atom. The smallest absolute Gasteiger partial charge is 0.251 e. The zero-order valence-corrected chi connectivity index (χ0v) is 13.6. The average molecular weight is 344 g/mol. The summed E-state index contributed by atoms with van der Waals surface area (Å²) in [5, 5.41) is 2.57. The van der Waals surface area contributed by atoms with Crippen LogP contribution in [0.4, 0.5) is 4.39 Å². The maximum atomic E-state index is 13.2. The molecule has 0 unspecified atom stereocenters. The zero-order valence-electron chi connectivity index (χ0n) is 13.6. The van der Waals surface area contributed by atoms with Crippen LogP contribution in [0.1, 0.15) is 15.9 Å². The van der Waals surface area contributed by atoms with Gasteiger partial charge in [0.15, 0.2) is 11.5 Å². The monoisotopic (exact) mass is 344 g/mol. The minimum Gasteiger partial charge on any atom is -0.454 e. The Morgan fingerprint density at radius 3 is 2.76 bits per heavy atom. The average Bonchev–Trinajstić information content (AvgIpc) is 3.07. The number of ether oxygens (including phenoxy) is 2. The predicted molar refractivity (Wildman–Crippen MR) is 87.8 cm³/mol. The fourth-order valence-corrected chi connectivity index (χ4v) is 2.43. The van der Waals surface area contributed by atoms with Crippen LogP contribution in [-0.2, 0) is 11.3 Å². The topological polar surface area (TPSA) is 67.9 Å². The molecule has 2 amide bonds. The number of halogens is 1. The molecule has 0 spiro atoms. The van der Waals surface area contributed by atoms with Gasteiger partial charge in [0, 0.05) is 19.2 Å². The molecule has 130 valence electrons. The van der Waals surface area contributed by atoms with E-state index in [-0.39, 0.29) is 37.5 Å². The SMILES string of the molecule is CN(Cc1cccc(F)c1)C(=O)CNC(=O)c1ccc2c(c1)OCO2. The quantitative estimate of drug-likeness (QED) is 0.900. The first-order valence-corrected chi connectivity index (χ1v) is 7.69. The third-order valence-electron chi connectivity index (χ3n) is 3.77. The summed E-state index contributed by atoms with van der Waals surface area (Å²) in [6, 6.07) is 10.9. The van der Waals surface area contributed by atoms with Gasteiger partial charge in [-0.2, -0.15) is 0 Å². The van der Waals surface area contributed by atoms with Crippen LogP contribution in [0.3, 0.4) is 0 Å². The van der Waals surface area contributed by atoms with Gasteiger partial charge in [-0.05, 0) is 35.9 Å². The summed E-state index contributed by atoms with van der Waals surface area (Å²) in [7, 11) is 1.60. The van der Waals surface area contributed by atoms with Gasteiger partial charge in [0.1, 0.15) is 5.82 Å². The number of rotatable bonds is 5. The van der Waals surface area contributed by atoms with Gasteiger partial charge in [0.25, 0.3) is 5.91 Å². The standard InChI is InChI=1S/C18H17FN2O4/c1-21(10-12-3-2-4-14(19)7-12)17(22)9-20-18(23)13-5-6-15-16(8-13)25-11-24-15/h2-8H,9-11H2,1H3,(H,20,23). The highest BCUT2D eigenvalue weighted by Crippen LogP contribution is 2.32. The largest absolute Gasteiger partial charge is 0.454 e. The van der Waals surface area contributed by atoms with Gasteiger partial charge in [-0.1, -0.05) is 12.1 Å². The Kier molecular flexibility index (Phi) is 4.83. The van der Waals surface area contributed by atoms with E-state index in [9.17, 15) is 14.0 Å². The molecular formula is C18H17FN2O4. The number of fused-ring (bicyclic) bond motifs is 1. The lowest BCUT2D eigenvalue weighted by Gasteiger charge is -2.17. The van der Waals surface area contributed by atoms with Crippen LogP contribution in [0.2, 0.25) is 0 Å². The molecule has 3 rings (SSSR count). The van der Waals surface area contributed by atoms with Gasteiger partial charge in [-0.25, -0.2) is 4.39 Å². The highest BCUT2D eigenvalue weighted by molar-refractivity contribution is 5.97. The van der Waals surface area contributed by atoms with Gasteiger partial charge in [0.2, 0.25) is 12.7 Å². The molecule has 0 radical (unpaired) electrons. The molecule has 1 aliphatic rings. The summed E-state index contributed by atoms with van der Waals surface area (Å²) in [5.41, 5.74) is 1.06. The molecule has 0 saturated carbocycles. The van der Waals surface area contributed by atoms with Crippen LogP contribution >= 0.6 is 0 Å². The van der Waals surface area contributed by atoms with Gasteiger partial charge in [-0.3, -0.25) is 9.59 Å². The first-order chi connectivity index (χ1) is 12.0. The summed E-state index contributed by atoms with van der Waals surface area (Å²) >= 11 is 0. The molecular weight excluding hydrogens is 327 g/mol. The minimum atomic E-state index is -0.384. The summed E-state index contributed by atoms with van der Waals surface area (Å²) in [6.45, 7) is 0.235. The molecule has 0 bridgehead atoms. The van der Waals surface area contributed by atoms with E-state index in [2.05, 4.69) is 5.32 Å². The van der Waals surface area contributed by atoms with Crippen molar-refractivity contribution >= 4 is 11.8 Å². The molecule has 1 aliphatic heterocycles. The third-order valence-corrected chi connectivity index (χ3v) is 3.77. The van der Waals surface area contributed by atoms with Crippen LogP contribution in [-0.4, -0.2) is 37.1 Å². The molecule has 1 N–H and O–H groups in total. The number of hydrogen-bond acceptors (Lipinski definition) is 4. The second kappa shape index (κ2) is 7.21. The van der Waals surface area contributed by atoms with Crippen molar-refractivity contribution in [2.45, 2.75) is 6.54 Å². The highest BCUT2D eigenvalue weighted by atomic mass is 19.1. The van der Waals surface area contributed by atoms with Crippen LogP contribution in [0, 0.1) is 5.82 Å². The molecule has 1 heterocycles. The molecule has 2 aromatic rings. The predicted octanol–water partition coefficient (Wildman–Crippen LogP) is 1.94. The lowest BCUT2D eigenvalue weighted by atomic mass is 10.2. The van der Waals surface area contributed by atoms with Crippen molar-refractivity contribution in [2.75, 3.05) is 20.4 Å². The first-order valence-electron chi connectivity index (χ1n) is 7.69.